The number of halogens is 1. The summed E-state index contributed by atoms with van der Waals surface area (Å²) in [5.41, 5.74) is 3.70. The molecule has 1 amide bonds. The van der Waals surface area contributed by atoms with Crippen LogP contribution >= 0.6 is 11.6 Å². The van der Waals surface area contributed by atoms with E-state index in [0.717, 1.165) is 48.4 Å². The van der Waals surface area contributed by atoms with Crippen molar-refractivity contribution in [2.45, 2.75) is 64.8 Å². The standard InChI is InChI=1S/C27H32ClNO2/c1-3-19-7-11-25(12-8-19)29-14-13-24(27(29)31)16-23-10-9-22(17-26(23)28)21-6-4-5-20(15-21)18(2)30/h4-6,9-10,15,17,19,24-25H,3,7-8,11-14,16H2,1-2H3. The molecule has 3 nitrogen and oxygen atoms in total. The number of carbonyl (C=O) groups excluding carboxylic acids is 2. The van der Waals surface area contributed by atoms with Crippen LogP contribution in [0.3, 0.4) is 0 Å². The molecule has 0 bridgehead atoms. The Balaban J connectivity index is 1.42. The summed E-state index contributed by atoms with van der Waals surface area (Å²) in [6, 6.07) is 14.1. The third-order valence-corrected chi connectivity index (χ3v) is 7.66. The Morgan fingerprint density at radius 3 is 2.45 bits per heavy atom. The van der Waals surface area contributed by atoms with E-state index >= 15 is 0 Å². The van der Waals surface area contributed by atoms with Crippen molar-refractivity contribution < 1.29 is 9.59 Å². The number of hydrogen-bond donors (Lipinski definition) is 0. The molecule has 2 fully saturated rings. The highest BCUT2D eigenvalue weighted by Crippen LogP contribution is 2.35. The SMILES string of the molecule is CCC1CCC(N2CCC(Cc3ccc(-c4cccc(C(C)=O)c4)cc3Cl)C2=O)CC1. The lowest BCUT2D eigenvalue weighted by molar-refractivity contribution is -0.133. The molecule has 164 valence electrons. The number of likely N-dealkylation sites (tertiary alicyclic amines) is 1. The molecule has 1 aliphatic carbocycles. The zero-order valence-electron chi connectivity index (χ0n) is 18.6. The Hall–Kier alpha value is -2.13. The molecule has 1 atom stereocenters. The van der Waals surface area contributed by atoms with Crippen molar-refractivity contribution in [1.29, 1.82) is 0 Å². The summed E-state index contributed by atoms with van der Waals surface area (Å²) in [4.78, 5) is 27.0. The summed E-state index contributed by atoms with van der Waals surface area (Å²) < 4.78 is 0. The second-order valence-electron chi connectivity index (χ2n) is 9.25. The van der Waals surface area contributed by atoms with Gasteiger partial charge in [0, 0.05) is 29.1 Å². The normalized spacial score (nSPS) is 23.9. The average molecular weight is 438 g/mol. The van der Waals surface area contributed by atoms with Gasteiger partial charge in [0.25, 0.3) is 0 Å². The second-order valence-corrected chi connectivity index (χ2v) is 9.65. The largest absolute Gasteiger partial charge is 0.339 e. The van der Waals surface area contributed by atoms with E-state index in [2.05, 4.69) is 11.8 Å². The molecule has 1 unspecified atom stereocenters. The number of benzene rings is 2. The van der Waals surface area contributed by atoms with Crippen LogP contribution < -0.4 is 0 Å². The smallest absolute Gasteiger partial charge is 0.226 e. The summed E-state index contributed by atoms with van der Waals surface area (Å²) >= 11 is 6.63. The molecule has 1 saturated carbocycles. The number of Topliss-reactive ketones (excluding diaryl/α,β-unsaturated/α-hetero) is 1. The first-order chi connectivity index (χ1) is 15.0. The quantitative estimate of drug-likeness (QED) is 0.479. The van der Waals surface area contributed by atoms with Gasteiger partial charge in [-0.1, -0.05) is 55.3 Å². The minimum atomic E-state index is 0.0355. The van der Waals surface area contributed by atoms with E-state index in [0.29, 0.717) is 29.0 Å². The van der Waals surface area contributed by atoms with Crippen molar-refractivity contribution in [3.8, 4) is 11.1 Å². The fourth-order valence-electron chi connectivity index (χ4n) is 5.26. The van der Waals surface area contributed by atoms with E-state index < -0.39 is 0 Å². The number of amides is 1. The van der Waals surface area contributed by atoms with Gasteiger partial charge in [0.1, 0.15) is 0 Å². The third-order valence-electron chi connectivity index (χ3n) is 7.31. The van der Waals surface area contributed by atoms with Gasteiger partial charge in [-0.2, -0.15) is 0 Å². The first kappa shape index (κ1) is 22.1. The van der Waals surface area contributed by atoms with Crippen LogP contribution in [0.1, 0.15) is 68.3 Å². The molecule has 2 aromatic rings. The van der Waals surface area contributed by atoms with Crippen molar-refractivity contribution in [2.24, 2.45) is 11.8 Å². The van der Waals surface area contributed by atoms with Crippen LogP contribution in [0, 0.1) is 11.8 Å². The van der Waals surface area contributed by atoms with Gasteiger partial charge >= 0.3 is 0 Å². The van der Waals surface area contributed by atoms with Crippen LogP contribution in [0.4, 0.5) is 0 Å². The summed E-state index contributed by atoms with van der Waals surface area (Å²) in [7, 11) is 0. The van der Waals surface area contributed by atoms with Crippen LogP contribution in [0.5, 0.6) is 0 Å². The lowest BCUT2D eigenvalue weighted by Gasteiger charge is -2.34. The fraction of sp³-hybridized carbons (Fsp3) is 0.481. The van der Waals surface area contributed by atoms with Gasteiger partial charge in [0.05, 0.1) is 0 Å². The molecular weight excluding hydrogens is 406 g/mol. The van der Waals surface area contributed by atoms with Crippen LogP contribution in [0.15, 0.2) is 42.5 Å². The maximum absolute atomic E-state index is 13.1. The van der Waals surface area contributed by atoms with Crippen LogP contribution in [0.25, 0.3) is 11.1 Å². The van der Waals surface area contributed by atoms with Gasteiger partial charge < -0.3 is 4.90 Å². The lowest BCUT2D eigenvalue weighted by atomic mass is 9.84. The Kier molecular flexibility index (Phi) is 6.81. The fourth-order valence-corrected chi connectivity index (χ4v) is 5.51. The van der Waals surface area contributed by atoms with Gasteiger partial charge in [-0.3, -0.25) is 9.59 Å². The van der Waals surface area contributed by atoms with Crippen molar-refractivity contribution in [3.05, 3.63) is 58.6 Å². The van der Waals surface area contributed by atoms with Crippen LogP contribution in [-0.4, -0.2) is 29.2 Å². The highest BCUT2D eigenvalue weighted by atomic mass is 35.5. The predicted molar refractivity (Wildman–Crippen MR) is 126 cm³/mol. The number of rotatable bonds is 6. The predicted octanol–water partition coefficient (Wildman–Crippen LogP) is 6.57. The van der Waals surface area contributed by atoms with Crippen LogP contribution in [-0.2, 0) is 11.2 Å². The Bertz CT molecular complexity index is 961. The van der Waals surface area contributed by atoms with Gasteiger partial charge in [0.15, 0.2) is 5.78 Å². The van der Waals surface area contributed by atoms with E-state index in [1.165, 1.54) is 19.3 Å². The summed E-state index contributed by atoms with van der Waals surface area (Å²) in [6.07, 6.45) is 7.72. The number of nitrogens with zero attached hydrogens (tertiary/aromatic N) is 1. The summed E-state index contributed by atoms with van der Waals surface area (Å²) in [6.45, 7) is 4.74. The zero-order valence-corrected chi connectivity index (χ0v) is 19.3. The average Bonchev–Trinajstić information content (AvgIpc) is 3.15. The third kappa shape index (κ3) is 4.87. The monoisotopic (exact) mass is 437 g/mol. The van der Waals surface area contributed by atoms with Crippen LogP contribution in [0.2, 0.25) is 5.02 Å². The Labute approximate surface area is 190 Å². The molecule has 2 aromatic carbocycles. The number of carbonyl (C=O) groups is 2. The number of hydrogen-bond acceptors (Lipinski definition) is 2. The Morgan fingerprint density at radius 1 is 1.03 bits per heavy atom. The zero-order chi connectivity index (χ0) is 22.0. The molecule has 31 heavy (non-hydrogen) atoms. The topological polar surface area (TPSA) is 37.4 Å². The molecule has 1 saturated heterocycles. The minimum Gasteiger partial charge on any atom is -0.339 e. The second kappa shape index (κ2) is 9.56. The highest BCUT2D eigenvalue weighted by Gasteiger charge is 2.37. The summed E-state index contributed by atoms with van der Waals surface area (Å²) in [5, 5.41) is 0.695. The van der Waals surface area contributed by atoms with Crippen molar-refractivity contribution >= 4 is 23.3 Å². The highest BCUT2D eigenvalue weighted by molar-refractivity contribution is 6.31. The van der Waals surface area contributed by atoms with Gasteiger partial charge in [-0.05, 0) is 80.2 Å². The first-order valence-corrected chi connectivity index (χ1v) is 12.0. The van der Waals surface area contributed by atoms with E-state index in [1.54, 1.807) is 6.92 Å². The minimum absolute atomic E-state index is 0.0355. The number of ketones is 1. The molecule has 4 heteroatoms. The maximum Gasteiger partial charge on any atom is 0.226 e. The maximum atomic E-state index is 13.1. The van der Waals surface area contributed by atoms with E-state index in [4.69, 9.17) is 11.6 Å². The van der Waals surface area contributed by atoms with E-state index in [-0.39, 0.29) is 11.7 Å². The molecule has 0 aromatic heterocycles. The lowest BCUT2D eigenvalue weighted by Crippen LogP contribution is -2.40. The molecule has 2 aliphatic rings. The van der Waals surface area contributed by atoms with Crippen molar-refractivity contribution in [3.63, 3.8) is 0 Å². The molecule has 1 heterocycles. The van der Waals surface area contributed by atoms with Gasteiger partial charge in [-0.25, -0.2) is 0 Å². The molecule has 0 N–H and O–H groups in total. The van der Waals surface area contributed by atoms with Gasteiger partial charge in [0.2, 0.25) is 5.91 Å². The Morgan fingerprint density at radius 2 is 1.77 bits per heavy atom. The molecule has 0 radical (unpaired) electrons. The first-order valence-electron chi connectivity index (χ1n) is 11.7. The van der Waals surface area contributed by atoms with Gasteiger partial charge in [-0.15, -0.1) is 0 Å². The summed E-state index contributed by atoms with van der Waals surface area (Å²) in [5.74, 6) is 1.25. The van der Waals surface area contributed by atoms with Crippen molar-refractivity contribution in [1.82, 2.24) is 4.90 Å². The molecule has 4 rings (SSSR count). The van der Waals surface area contributed by atoms with Crippen molar-refractivity contribution in [2.75, 3.05) is 6.54 Å². The molecule has 0 spiro atoms. The molecule has 1 aliphatic heterocycles. The van der Waals surface area contributed by atoms with E-state index in [9.17, 15) is 9.59 Å². The molecular formula is C27H32ClNO2. The van der Waals surface area contributed by atoms with E-state index in [1.807, 2.05) is 42.5 Å².